The summed E-state index contributed by atoms with van der Waals surface area (Å²) in [6.07, 6.45) is 1.03. The highest BCUT2D eigenvalue weighted by Gasteiger charge is 2.26. The number of rotatable bonds is 8. The predicted molar refractivity (Wildman–Crippen MR) is 121 cm³/mol. The average Bonchev–Trinajstić information content (AvgIpc) is 3.26. The molecule has 1 N–H and O–H groups in total. The predicted octanol–water partition coefficient (Wildman–Crippen LogP) is 3.22. The molecule has 0 spiro atoms. The van der Waals surface area contributed by atoms with Gasteiger partial charge >= 0.3 is 0 Å². The number of nitrogens with one attached hydrogen (secondary N) is 1. The molecule has 166 valence electrons. The Morgan fingerprint density at radius 1 is 1.16 bits per heavy atom. The molecule has 0 aliphatic carbocycles. The Hall–Kier alpha value is -3.06. The van der Waals surface area contributed by atoms with Crippen LogP contribution in [0.25, 0.3) is 0 Å². The average molecular weight is 426 g/mol. The topological polar surface area (TPSA) is 71.1 Å². The Balaban J connectivity index is 1.72. The number of benzene rings is 2. The van der Waals surface area contributed by atoms with E-state index in [0.717, 1.165) is 19.5 Å². The molecule has 1 unspecified atom stereocenters. The Bertz CT molecular complexity index is 917. The lowest BCUT2D eigenvalue weighted by atomic mass is 9.99. The first kappa shape index (κ1) is 22.6. The highest BCUT2D eigenvalue weighted by atomic mass is 16.5. The summed E-state index contributed by atoms with van der Waals surface area (Å²) in [6, 6.07) is 13.7. The van der Waals surface area contributed by atoms with E-state index in [1.807, 2.05) is 13.0 Å². The second-order valence-electron chi connectivity index (χ2n) is 7.76. The van der Waals surface area contributed by atoms with Gasteiger partial charge in [0.1, 0.15) is 0 Å². The number of amides is 2. The van der Waals surface area contributed by atoms with Crippen molar-refractivity contribution in [1.29, 1.82) is 0 Å². The van der Waals surface area contributed by atoms with Crippen molar-refractivity contribution >= 4 is 17.5 Å². The third-order valence-corrected chi connectivity index (χ3v) is 5.73. The molecule has 1 atom stereocenters. The fraction of sp³-hybridized carbons (Fsp3) is 0.417. The number of methoxy groups -OCH3 is 2. The van der Waals surface area contributed by atoms with Crippen LogP contribution >= 0.6 is 0 Å². The van der Waals surface area contributed by atoms with Gasteiger partial charge in [-0.1, -0.05) is 30.3 Å². The minimum atomic E-state index is -0.150. The fourth-order valence-corrected chi connectivity index (χ4v) is 3.91. The van der Waals surface area contributed by atoms with Gasteiger partial charge < -0.3 is 19.7 Å². The van der Waals surface area contributed by atoms with Crippen LogP contribution in [0.4, 0.5) is 5.69 Å². The van der Waals surface area contributed by atoms with Crippen LogP contribution in [0.1, 0.15) is 35.2 Å². The number of carbonyl (C=O) groups excluding carboxylic acids is 2. The molecule has 7 nitrogen and oxygen atoms in total. The maximum atomic E-state index is 12.8. The molecule has 0 aromatic heterocycles. The van der Waals surface area contributed by atoms with Gasteiger partial charge in [0.25, 0.3) is 5.91 Å². The zero-order valence-electron chi connectivity index (χ0n) is 18.7. The molecule has 3 rings (SSSR count). The molecule has 0 saturated carbocycles. The normalized spacial score (nSPS) is 16.1. The first-order valence-corrected chi connectivity index (χ1v) is 10.5. The van der Waals surface area contributed by atoms with E-state index >= 15 is 0 Å². The van der Waals surface area contributed by atoms with Gasteiger partial charge in [0, 0.05) is 25.7 Å². The second-order valence-corrected chi connectivity index (χ2v) is 7.76. The van der Waals surface area contributed by atoms with E-state index in [4.69, 9.17) is 9.47 Å². The molecular weight excluding hydrogens is 394 g/mol. The summed E-state index contributed by atoms with van der Waals surface area (Å²) in [5.41, 5.74) is 2.17. The van der Waals surface area contributed by atoms with E-state index in [-0.39, 0.29) is 18.4 Å². The fourth-order valence-electron chi connectivity index (χ4n) is 3.91. The maximum Gasteiger partial charge on any atom is 0.253 e. The molecule has 1 saturated heterocycles. The Labute approximate surface area is 183 Å². The van der Waals surface area contributed by atoms with Crippen LogP contribution in [-0.2, 0) is 4.79 Å². The Morgan fingerprint density at radius 2 is 1.90 bits per heavy atom. The number of carbonyl (C=O) groups is 2. The van der Waals surface area contributed by atoms with Crippen molar-refractivity contribution in [3.8, 4) is 11.5 Å². The van der Waals surface area contributed by atoms with E-state index in [1.54, 1.807) is 24.1 Å². The molecule has 7 heteroatoms. The maximum absolute atomic E-state index is 12.8. The molecule has 2 amide bonds. The van der Waals surface area contributed by atoms with Gasteiger partial charge in [-0.3, -0.25) is 14.5 Å². The van der Waals surface area contributed by atoms with Crippen molar-refractivity contribution in [2.75, 3.05) is 52.8 Å². The molecule has 31 heavy (non-hydrogen) atoms. The van der Waals surface area contributed by atoms with Crippen LogP contribution in [0.2, 0.25) is 0 Å². The van der Waals surface area contributed by atoms with Crippen molar-refractivity contribution in [3.63, 3.8) is 0 Å². The van der Waals surface area contributed by atoms with Gasteiger partial charge in [0.05, 0.1) is 26.5 Å². The summed E-state index contributed by atoms with van der Waals surface area (Å²) >= 11 is 0. The molecule has 1 aliphatic heterocycles. The van der Waals surface area contributed by atoms with Crippen molar-refractivity contribution in [1.82, 2.24) is 9.80 Å². The number of anilines is 1. The summed E-state index contributed by atoms with van der Waals surface area (Å²) < 4.78 is 10.9. The highest BCUT2D eigenvalue weighted by Crippen LogP contribution is 2.37. The van der Waals surface area contributed by atoms with E-state index < -0.39 is 0 Å². The molecule has 1 fully saturated rings. The Morgan fingerprint density at radius 3 is 2.55 bits per heavy atom. The van der Waals surface area contributed by atoms with E-state index in [1.165, 1.54) is 19.8 Å². The molecule has 2 aromatic rings. The van der Waals surface area contributed by atoms with Crippen molar-refractivity contribution in [2.45, 2.75) is 19.3 Å². The van der Waals surface area contributed by atoms with Crippen LogP contribution in [0.3, 0.4) is 0 Å². The largest absolute Gasteiger partial charge is 0.493 e. The third-order valence-electron chi connectivity index (χ3n) is 5.73. The van der Waals surface area contributed by atoms with Gasteiger partial charge in [-0.05, 0) is 43.5 Å². The van der Waals surface area contributed by atoms with Crippen LogP contribution in [0.15, 0.2) is 42.5 Å². The summed E-state index contributed by atoms with van der Waals surface area (Å²) in [4.78, 5) is 29.2. The number of hydrogen-bond acceptors (Lipinski definition) is 5. The lowest BCUT2D eigenvalue weighted by molar-refractivity contribution is -0.117. The lowest BCUT2D eigenvalue weighted by Crippen LogP contribution is -2.31. The standard InChI is InChI=1S/C24H31N3O4/c1-5-26(2)24(29)19-13-20(23(31-4)21(14-19)30-3)25-22(28)16-27-12-11-18(15-27)17-9-7-6-8-10-17/h6-10,13-14,18H,5,11-12,15-16H2,1-4H3,(H,25,28). The molecule has 1 heterocycles. The first-order chi connectivity index (χ1) is 15.0. The van der Waals surface area contributed by atoms with E-state index in [0.29, 0.717) is 35.2 Å². The zero-order chi connectivity index (χ0) is 22.4. The summed E-state index contributed by atoms with van der Waals surface area (Å²) in [7, 11) is 4.75. The molecule has 1 aliphatic rings. The van der Waals surface area contributed by atoms with Crippen LogP contribution in [0, 0.1) is 0 Å². The molecule has 2 aromatic carbocycles. The van der Waals surface area contributed by atoms with Gasteiger partial charge in [-0.2, -0.15) is 0 Å². The highest BCUT2D eigenvalue weighted by molar-refractivity contribution is 5.99. The van der Waals surface area contributed by atoms with Crippen molar-refractivity contribution in [3.05, 3.63) is 53.6 Å². The molecular formula is C24H31N3O4. The van der Waals surface area contributed by atoms with Crippen LogP contribution < -0.4 is 14.8 Å². The summed E-state index contributed by atoms with van der Waals surface area (Å²) in [5, 5.41) is 2.91. The minimum Gasteiger partial charge on any atom is -0.493 e. The van der Waals surface area contributed by atoms with Crippen LogP contribution in [-0.4, -0.2) is 69.1 Å². The number of ether oxygens (including phenoxy) is 2. The van der Waals surface area contributed by atoms with Crippen LogP contribution in [0.5, 0.6) is 11.5 Å². The Kier molecular flexibility index (Phi) is 7.52. The SMILES string of the molecule is CCN(C)C(=O)c1cc(NC(=O)CN2CCC(c3ccccc3)C2)c(OC)c(OC)c1. The smallest absolute Gasteiger partial charge is 0.253 e. The van der Waals surface area contributed by atoms with Gasteiger partial charge in [-0.15, -0.1) is 0 Å². The lowest BCUT2D eigenvalue weighted by Gasteiger charge is -2.20. The zero-order valence-corrected chi connectivity index (χ0v) is 18.7. The van der Waals surface area contributed by atoms with E-state index in [9.17, 15) is 9.59 Å². The van der Waals surface area contributed by atoms with Gasteiger partial charge in [0.2, 0.25) is 5.91 Å². The number of likely N-dealkylation sites (tertiary alicyclic amines) is 1. The molecule has 0 bridgehead atoms. The summed E-state index contributed by atoms with van der Waals surface area (Å²) in [5.74, 6) is 0.939. The quantitative estimate of drug-likeness (QED) is 0.703. The van der Waals surface area contributed by atoms with Gasteiger partial charge in [-0.25, -0.2) is 0 Å². The number of hydrogen-bond donors (Lipinski definition) is 1. The second kappa shape index (κ2) is 10.3. The number of nitrogens with zero attached hydrogens (tertiary/aromatic N) is 2. The van der Waals surface area contributed by atoms with Crippen molar-refractivity contribution < 1.29 is 19.1 Å². The minimum absolute atomic E-state index is 0.149. The van der Waals surface area contributed by atoms with Crippen molar-refractivity contribution in [2.24, 2.45) is 0 Å². The monoisotopic (exact) mass is 425 g/mol. The summed E-state index contributed by atoms with van der Waals surface area (Å²) in [6.45, 7) is 4.47. The first-order valence-electron chi connectivity index (χ1n) is 10.5. The van der Waals surface area contributed by atoms with E-state index in [2.05, 4.69) is 34.5 Å². The third kappa shape index (κ3) is 5.35. The van der Waals surface area contributed by atoms with Gasteiger partial charge in [0.15, 0.2) is 11.5 Å². The molecule has 0 radical (unpaired) electrons.